The number of amides is 2. The molecular weight excluding hydrogens is 314 g/mol. The Morgan fingerprint density at radius 2 is 1.83 bits per heavy atom. The Kier molecular flexibility index (Phi) is 5.65. The van der Waals surface area contributed by atoms with Gasteiger partial charge in [-0.1, -0.05) is 38.4 Å². The van der Waals surface area contributed by atoms with Gasteiger partial charge >= 0.3 is 6.03 Å². The number of hydrogen-bond acceptors (Lipinski definition) is 3. The van der Waals surface area contributed by atoms with Crippen LogP contribution in [0.3, 0.4) is 0 Å². The van der Waals surface area contributed by atoms with Gasteiger partial charge in [-0.15, -0.1) is 0 Å². The molecule has 1 aliphatic heterocycles. The minimum atomic E-state index is -0.318. The standard InChI is InChI=1S/C17H24ClN3O2/c1-17(2,3)15(22)12-20-7-9-21(10-8-20)16(23)19-14-6-4-5-13(18)11-14/h4-6,11H,7-10,12H2,1-3H3,(H,19,23). The molecule has 0 bridgehead atoms. The molecule has 2 rings (SSSR count). The molecule has 0 saturated carbocycles. The number of urea groups is 1. The van der Waals surface area contributed by atoms with Crippen molar-refractivity contribution in [3.8, 4) is 0 Å². The summed E-state index contributed by atoms with van der Waals surface area (Å²) in [6.45, 7) is 8.91. The van der Waals surface area contributed by atoms with Crippen molar-refractivity contribution in [3.63, 3.8) is 0 Å². The van der Waals surface area contributed by atoms with E-state index in [1.165, 1.54) is 0 Å². The number of halogens is 1. The van der Waals surface area contributed by atoms with Crippen LogP contribution >= 0.6 is 11.6 Å². The van der Waals surface area contributed by atoms with Gasteiger partial charge in [0.15, 0.2) is 5.78 Å². The quantitative estimate of drug-likeness (QED) is 0.922. The number of piperazine rings is 1. The average molecular weight is 338 g/mol. The van der Waals surface area contributed by atoms with Crippen LogP contribution < -0.4 is 5.32 Å². The van der Waals surface area contributed by atoms with E-state index in [0.29, 0.717) is 43.4 Å². The van der Waals surface area contributed by atoms with Crippen LogP contribution in [0.5, 0.6) is 0 Å². The highest BCUT2D eigenvalue weighted by Gasteiger charge is 2.27. The summed E-state index contributed by atoms with van der Waals surface area (Å²) in [6, 6.07) is 6.96. The summed E-state index contributed by atoms with van der Waals surface area (Å²) in [4.78, 5) is 28.2. The van der Waals surface area contributed by atoms with Gasteiger partial charge in [-0.25, -0.2) is 4.79 Å². The van der Waals surface area contributed by atoms with E-state index in [2.05, 4.69) is 10.2 Å². The average Bonchev–Trinajstić information content (AvgIpc) is 2.47. The Bertz CT molecular complexity index is 575. The highest BCUT2D eigenvalue weighted by atomic mass is 35.5. The van der Waals surface area contributed by atoms with Crippen LogP contribution in [0.4, 0.5) is 10.5 Å². The molecule has 6 heteroatoms. The lowest BCUT2D eigenvalue weighted by atomic mass is 9.90. The molecule has 5 nitrogen and oxygen atoms in total. The second-order valence-corrected chi connectivity index (χ2v) is 7.31. The van der Waals surface area contributed by atoms with Crippen LogP contribution in [0.1, 0.15) is 20.8 Å². The van der Waals surface area contributed by atoms with Crippen LogP contribution in [-0.2, 0) is 4.79 Å². The van der Waals surface area contributed by atoms with Crippen molar-refractivity contribution in [3.05, 3.63) is 29.3 Å². The zero-order chi connectivity index (χ0) is 17.0. The SMILES string of the molecule is CC(C)(C)C(=O)CN1CCN(C(=O)Nc2cccc(Cl)c2)CC1. The number of Topliss-reactive ketones (excluding diaryl/α,β-unsaturated/α-hetero) is 1. The summed E-state index contributed by atoms with van der Waals surface area (Å²) < 4.78 is 0. The summed E-state index contributed by atoms with van der Waals surface area (Å²) in [5.41, 5.74) is 0.369. The number of benzene rings is 1. The fourth-order valence-corrected chi connectivity index (χ4v) is 2.51. The van der Waals surface area contributed by atoms with Gasteiger partial charge < -0.3 is 10.2 Å². The van der Waals surface area contributed by atoms with E-state index in [1.807, 2.05) is 26.8 Å². The molecule has 0 unspecified atom stereocenters. The van der Waals surface area contributed by atoms with Gasteiger partial charge in [0, 0.05) is 42.3 Å². The molecular formula is C17H24ClN3O2. The van der Waals surface area contributed by atoms with Crippen LogP contribution in [0, 0.1) is 5.41 Å². The number of carbonyl (C=O) groups excluding carboxylic acids is 2. The molecule has 0 atom stereocenters. The van der Waals surface area contributed by atoms with Gasteiger partial charge in [0.25, 0.3) is 0 Å². The molecule has 1 fully saturated rings. The lowest BCUT2D eigenvalue weighted by Crippen LogP contribution is -2.51. The highest BCUT2D eigenvalue weighted by Crippen LogP contribution is 2.17. The monoisotopic (exact) mass is 337 g/mol. The van der Waals surface area contributed by atoms with Crippen LogP contribution in [0.2, 0.25) is 5.02 Å². The number of rotatable bonds is 3. The molecule has 23 heavy (non-hydrogen) atoms. The zero-order valence-electron chi connectivity index (χ0n) is 13.9. The number of carbonyl (C=O) groups is 2. The van der Waals surface area contributed by atoms with Crippen molar-refractivity contribution >= 4 is 29.1 Å². The summed E-state index contributed by atoms with van der Waals surface area (Å²) in [7, 11) is 0. The Balaban J connectivity index is 1.82. The summed E-state index contributed by atoms with van der Waals surface area (Å²) >= 11 is 5.91. The van der Waals surface area contributed by atoms with Crippen molar-refractivity contribution in [1.29, 1.82) is 0 Å². The molecule has 126 valence electrons. The second kappa shape index (κ2) is 7.32. The van der Waals surface area contributed by atoms with Crippen LogP contribution in [0.15, 0.2) is 24.3 Å². The molecule has 1 N–H and O–H groups in total. The fourth-order valence-electron chi connectivity index (χ4n) is 2.32. The predicted molar refractivity (Wildman–Crippen MR) is 92.9 cm³/mol. The van der Waals surface area contributed by atoms with E-state index < -0.39 is 0 Å². The van der Waals surface area contributed by atoms with Crippen molar-refractivity contribution in [2.24, 2.45) is 5.41 Å². The molecule has 0 aliphatic carbocycles. The number of ketones is 1. The van der Waals surface area contributed by atoms with Crippen molar-refractivity contribution in [1.82, 2.24) is 9.80 Å². The van der Waals surface area contributed by atoms with Gasteiger partial charge in [-0.3, -0.25) is 9.69 Å². The molecule has 2 amide bonds. The first kappa shape index (κ1) is 17.8. The molecule has 1 saturated heterocycles. The van der Waals surface area contributed by atoms with E-state index in [1.54, 1.807) is 23.1 Å². The third-order valence-corrected chi connectivity index (χ3v) is 4.17. The first-order valence-electron chi connectivity index (χ1n) is 7.83. The Hall–Kier alpha value is -1.59. The van der Waals surface area contributed by atoms with E-state index in [0.717, 1.165) is 0 Å². The molecule has 1 aliphatic rings. The third kappa shape index (κ3) is 5.22. The maximum absolute atomic E-state index is 12.3. The lowest BCUT2D eigenvalue weighted by molar-refractivity contribution is -0.127. The highest BCUT2D eigenvalue weighted by molar-refractivity contribution is 6.30. The van der Waals surface area contributed by atoms with Gasteiger partial charge in [-0.2, -0.15) is 0 Å². The van der Waals surface area contributed by atoms with Gasteiger partial charge in [0.2, 0.25) is 0 Å². The second-order valence-electron chi connectivity index (χ2n) is 6.88. The predicted octanol–water partition coefficient (Wildman–Crippen LogP) is 3.10. The summed E-state index contributed by atoms with van der Waals surface area (Å²) in [6.07, 6.45) is 0. The van der Waals surface area contributed by atoms with Crippen molar-refractivity contribution in [2.75, 3.05) is 38.0 Å². The first-order valence-corrected chi connectivity index (χ1v) is 8.20. The fraction of sp³-hybridized carbons (Fsp3) is 0.529. The van der Waals surface area contributed by atoms with E-state index in [4.69, 9.17) is 11.6 Å². The third-order valence-electron chi connectivity index (χ3n) is 3.94. The van der Waals surface area contributed by atoms with Gasteiger partial charge in [0.1, 0.15) is 0 Å². The van der Waals surface area contributed by atoms with Crippen molar-refractivity contribution < 1.29 is 9.59 Å². The number of nitrogens with zero attached hydrogens (tertiary/aromatic N) is 2. The Morgan fingerprint density at radius 1 is 1.17 bits per heavy atom. The molecule has 1 heterocycles. The Morgan fingerprint density at radius 3 is 2.39 bits per heavy atom. The van der Waals surface area contributed by atoms with Gasteiger partial charge in [0.05, 0.1) is 6.54 Å². The molecule has 0 radical (unpaired) electrons. The number of hydrogen-bond donors (Lipinski definition) is 1. The largest absolute Gasteiger partial charge is 0.322 e. The summed E-state index contributed by atoms with van der Waals surface area (Å²) in [5, 5.41) is 3.44. The minimum Gasteiger partial charge on any atom is -0.322 e. The summed E-state index contributed by atoms with van der Waals surface area (Å²) in [5.74, 6) is 0.231. The normalized spacial score (nSPS) is 16.3. The zero-order valence-corrected chi connectivity index (χ0v) is 14.7. The van der Waals surface area contributed by atoms with E-state index >= 15 is 0 Å². The van der Waals surface area contributed by atoms with Crippen molar-refractivity contribution in [2.45, 2.75) is 20.8 Å². The van der Waals surface area contributed by atoms with Gasteiger partial charge in [-0.05, 0) is 18.2 Å². The molecule has 1 aromatic carbocycles. The van der Waals surface area contributed by atoms with Crippen LogP contribution in [0.25, 0.3) is 0 Å². The van der Waals surface area contributed by atoms with E-state index in [-0.39, 0.29) is 17.2 Å². The first-order chi connectivity index (χ1) is 10.8. The maximum Gasteiger partial charge on any atom is 0.321 e. The topological polar surface area (TPSA) is 52.7 Å². The minimum absolute atomic E-state index is 0.130. The van der Waals surface area contributed by atoms with Crippen LogP contribution in [-0.4, -0.2) is 54.3 Å². The van der Waals surface area contributed by atoms with E-state index in [9.17, 15) is 9.59 Å². The Labute approximate surface area is 142 Å². The lowest BCUT2D eigenvalue weighted by Gasteiger charge is -2.35. The molecule has 0 aromatic heterocycles. The molecule has 1 aromatic rings. The maximum atomic E-state index is 12.3. The molecule has 0 spiro atoms. The smallest absolute Gasteiger partial charge is 0.321 e. The number of anilines is 1. The number of nitrogens with one attached hydrogen (secondary N) is 1.